The molecule has 1 unspecified atom stereocenters. The van der Waals surface area contributed by atoms with E-state index >= 15 is 0 Å². The van der Waals surface area contributed by atoms with Crippen molar-refractivity contribution < 1.29 is 18.0 Å². The molecule has 0 radical (unpaired) electrons. The topological polar surface area (TPSA) is 21.6 Å². The highest BCUT2D eigenvalue weighted by Gasteiger charge is 2.42. The highest BCUT2D eigenvalue weighted by atomic mass is 28.3. The zero-order chi connectivity index (χ0) is 11.0. The standard InChI is InChI=1S/C8H14F3NOSi/c1-14(2,3)5-6-4-7(12-13-6)8(9,10)11/h6H,4-5H2,1-3H3. The van der Waals surface area contributed by atoms with Crippen LogP contribution in [0.3, 0.4) is 0 Å². The van der Waals surface area contributed by atoms with E-state index in [1.54, 1.807) is 0 Å². The van der Waals surface area contributed by atoms with Crippen molar-refractivity contribution in [3.05, 3.63) is 0 Å². The fourth-order valence-electron chi connectivity index (χ4n) is 1.39. The second-order valence-corrected chi connectivity index (χ2v) is 10.3. The summed E-state index contributed by atoms with van der Waals surface area (Å²) >= 11 is 0. The van der Waals surface area contributed by atoms with Crippen LogP contribution in [-0.4, -0.2) is 26.1 Å². The van der Waals surface area contributed by atoms with Crippen LogP contribution in [0.1, 0.15) is 6.42 Å². The largest absolute Gasteiger partial charge is 0.432 e. The number of nitrogens with zero attached hydrogens (tertiary/aromatic N) is 1. The Kier molecular flexibility index (Phi) is 2.94. The van der Waals surface area contributed by atoms with Crippen molar-refractivity contribution in [1.82, 2.24) is 0 Å². The van der Waals surface area contributed by atoms with Crippen LogP contribution in [0.4, 0.5) is 13.2 Å². The first-order valence-electron chi connectivity index (χ1n) is 4.48. The molecule has 1 aliphatic heterocycles. The third-order valence-corrected chi connectivity index (χ3v) is 3.58. The fraction of sp³-hybridized carbons (Fsp3) is 0.875. The molecule has 0 aromatic rings. The van der Waals surface area contributed by atoms with Gasteiger partial charge in [0.2, 0.25) is 0 Å². The number of hydrogen-bond acceptors (Lipinski definition) is 2. The molecule has 0 aliphatic carbocycles. The number of halogens is 3. The molecule has 0 fully saturated rings. The second kappa shape index (κ2) is 3.56. The number of oxime groups is 1. The number of hydrogen-bond donors (Lipinski definition) is 0. The summed E-state index contributed by atoms with van der Waals surface area (Å²) in [6.07, 6.45) is -4.78. The summed E-state index contributed by atoms with van der Waals surface area (Å²) in [5.41, 5.74) is -0.777. The zero-order valence-corrected chi connectivity index (χ0v) is 9.48. The van der Waals surface area contributed by atoms with Crippen LogP contribution in [0, 0.1) is 0 Å². The monoisotopic (exact) mass is 225 g/mol. The summed E-state index contributed by atoms with van der Waals surface area (Å²) in [4.78, 5) is 4.77. The Hall–Kier alpha value is -0.523. The van der Waals surface area contributed by atoms with Crippen molar-refractivity contribution in [2.45, 2.75) is 44.4 Å². The SMILES string of the molecule is C[Si](C)(C)CC1CC(C(F)(F)F)=NO1. The molecule has 1 heterocycles. The highest BCUT2D eigenvalue weighted by molar-refractivity contribution is 6.76. The van der Waals surface area contributed by atoms with Crippen LogP contribution < -0.4 is 0 Å². The normalized spacial score (nSPS) is 23.3. The Labute approximate surface area is 82.1 Å². The smallest absolute Gasteiger partial charge is 0.392 e. The summed E-state index contributed by atoms with van der Waals surface area (Å²) in [5, 5.41) is 3.09. The summed E-state index contributed by atoms with van der Waals surface area (Å²) in [6, 6.07) is 0.718. The van der Waals surface area contributed by atoms with Crippen LogP contribution in [-0.2, 0) is 4.84 Å². The predicted molar refractivity (Wildman–Crippen MR) is 51.1 cm³/mol. The molecule has 0 saturated heterocycles. The van der Waals surface area contributed by atoms with Crippen LogP contribution >= 0.6 is 0 Å². The van der Waals surface area contributed by atoms with E-state index in [0.717, 1.165) is 6.04 Å². The third-order valence-electron chi connectivity index (χ3n) is 1.90. The molecule has 1 atom stereocenters. The van der Waals surface area contributed by atoms with Crippen LogP contribution in [0.2, 0.25) is 25.7 Å². The molecule has 6 heteroatoms. The van der Waals surface area contributed by atoms with Gasteiger partial charge in [-0.1, -0.05) is 24.8 Å². The van der Waals surface area contributed by atoms with Gasteiger partial charge < -0.3 is 4.84 Å². The van der Waals surface area contributed by atoms with E-state index in [-0.39, 0.29) is 12.5 Å². The van der Waals surface area contributed by atoms with Gasteiger partial charge >= 0.3 is 6.18 Å². The molecule has 0 aromatic carbocycles. The molecular formula is C8H14F3NOSi. The van der Waals surface area contributed by atoms with E-state index < -0.39 is 20.0 Å². The first-order valence-corrected chi connectivity index (χ1v) is 8.19. The molecule has 0 saturated carbocycles. The van der Waals surface area contributed by atoms with E-state index in [1.807, 2.05) is 0 Å². The van der Waals surface area contributed by atoms with Gasteiger partial charge in [0.05, 0.1) is 0 Å². The average molecular weight is 225 g/mol. The molecule has 0 aromatic heterocycles. The molecular weight excluding hydrogens is 211 g/mol. The summed E-state index contributed by atoms with van der Waals surface area (Å²) in [5.74, 6) is 0. The maximum Gasteiger partial charge on any atom is 0.432 e. The van der Waals surface area contributed by atoms with Gasteiger partial charge in [-0.2, -0.15) is 13.2 Å². The lowest BCUT2D eigenvalue weighted by molar-refractivity contribution is -0.0604. The van der Waals surface area contributed by atoms with E-state index in [0.29, 0.717) is 0 Å². The quantitative estimate of drug-likeness (QED) is 0.662. The van der Waals surface area contributed by atoms with Gasteiger partial charge in [-0.3, -0.25) is 0 Å². The molecule has 0 N–H and O–H groups in total. The van der Waals surface area contributed by atoms with Crippen molar-refractivity contribution in [3.8, 4) is 0 Å². The Morgan fingerprint density at radius 1 is 1.43 bits per heavy atom. The Morgan fingerprint density at radius 2 is 2.00 bits per heavy atom. The minimum atomic E-state index is -4.33. The highest BCUT2D eigenvalue weighted by Crippen LogP contribution is 2.29. The fourth-order valence-corrected chi connectivity index (χ4v) is 2.97. The predicted octanol–water partition coefficient (Wildman–Crippen LogP) is 3.03. The molecule has 0 bridgehead atoms. The molecule has 14 heavy (non-hydrogen) atoms. The van der Waals surface area contributed by atoms with Crippen molar-refractivity contribution in [1.29, 1.82) is 0 Å². The Morgan fingerprint density at radius 3 is 2.36 bits per heavy atom. The van der Waals surface area contributed by atoms with Crippen LogP contribution in [0.5, 0.6) is 0 Å². The van der Waals surface area contributed by atoms with E-state index in [2.05, 4.69) is 24.8 Å². The lowest BCUT2D eigenvalue weighted by Crippen LogP contribution is -2.29. The summed E-state index contributed by atoms with van der Waals surface area (Å²) in [7, 11) is -1.38. The second-order valence-electron chi connectivity index (χ2n) is 4.73. The van der Waals surface area contributed by atoms with Crippen molar-refractivity contribution in [3.63, 3.8) is 0 Å². The number of rotatable bonds is 2. The van der Waals surface area contributed by atoms with Crippen molar-refractivity contribution in [2.75, 3.05) is 0 Å². The van der Waals surface area contributed by atoms with Gasteiger partial charge in [-0.25, -0.2) is 0 Å². The minimum absolute atomic E-state index is 0.0895. The molecule has 0 amide bonds. The van der Waals surface area contributed by atoms with Gasteiger partial charge in [0.15, 0.2) is 5.71 Å². The van der Waals surface area contributed by atoms with Crippen LogP contribution in [0.25, 0.3) is 0 Å². The maximum atomic E-state index is 12.2. The van der Waals surface area contributed by atoms with Crippen molar-refractivity contribution in [2.24, 2.45) is 5.16 Å². The minimum Gasteiger partial charge on any atom is -0.392 e. The molecule has 1 rings (SSSR count). The van der Waals surface area contributed by atoms with Crippen LogP contribution in [0.15, 0.2) is 5.16 Å². The van der Waals surface area contributed by atoms with E-state index in [9.17, 15) is 13.2 Å². The first-order chi connectivity index (χ1) is 6.18. The third kappa shape index (κ3) is 3.32. The Bertz CT molecular complexity index is 244. The van der Waals surface area contributed by atoms with Gasteiger partial charge in [0.25, 0.3) is 0 Å². The van der Waals surface area contributed by atoms with Gasteiger partial charge in [0.1, 0.15) is 6.10 Å². The molecule has 0 spiro atoms. The Balaban J connectivity index is 2.48. The van der Waals surface area contributed by atoms with E-state index in [4.69, 9.17) is 4.84 Å². The zero-order valence-electron chi connectivity index (χ0n) is 8.48. The molecule has 1 aliphatic rings. The first kappa shape index (κ1) is 11.6. The average Bonchev–Trinajstić information content (AvgIpc) is 2.29. The maximum absolute atomic E-state index is 12.2. The molecule has 82 valence electrons. The summed E-state index contributed by atoms with van der Waals surface area (Å²) < 4.78 is 36.5. The van der Waals surface area contributed by atoms with Crippen molar-refractivity contribution >= 4 is 13.8 Å². The summed E-state index contributed by atoms with van der Waals surface area (Å²) in [6.45, 7) is 6.30. The molecule has 2 nitrogen and oxygen atoms in total. The van der Waals surface area contributed by atoms with Gasteiger partial charge in [0, 0.05) is 14.5 Å². The number of alkyl halides is 3. The lowest BCUT2D eigenvalue weighted by Gasteiger charge is -2.19. The van der Waals surface area contributed by atoms with Gasteiger partial charge in [-0.05, 0) is 6.04 Å². The van der Waals surface area contributed by atoms with E-state index in [1.165, 1.54) is 0 Å². The lowest BCUT2D eigenvalue weighted by atomic mass is 10.2. The van der Waals surface area contributed by atoms with Gasteiger partial charge in [-0.15, -0.1) is 0 Å².